The number of nitrogens with one attached hydrogen (secondary N) is 1. The Morgan fingerprint density at radius 1 is 1.33 bits per heavy atom. The van der Waals surface area contributed by atoms with E-state index in [0.717, 1.165) is 24.6 Å². The maximum absolute atomic E-state index is 5.54. The fourth-order valence-corrected chi connectivity index (χ4v) is 3.89. The van der Waals surface area contributed by atoms with Gasteiger partial charge in [0.25, 0.3) is 0 Å². The summed E-state index contributed by atoms with van der Waals surface area (Å²) in [6.07, 6.45) is 6.33. The predicted molar refractivity (Wildman–Crippen MR) is 89.9 cm³/mol. The first kappa shape index (κ1) is 16.4. The van der Waals surface area contributed by atoms with Crippen LogP contribution in [0.25, 0.3) is 0 Å². The van der Waals surface area contributed by atoms with Crippen molar-refractivity contribution in [1.29, 1.82) is 0 Å². The van der Waals surface area contributed by atoms with E-state index in [1.807, 2.05) is 0 Å². The van der Waals surface area contributed by atoms with Crippen molar-refractivity contribution in [2.24, 2.45) is 11.3 Å². The molecule has 0 amide bonds. The van der Waals surface area contributed by atoms with E-state index in [1.54, 1.807) is 7.11 Å². The zero-order valence-electron chi connectivity index (χ0n) is 14.1. The second-order valence-electron chi connectivity index (χ2n) is 7.06. The molecule has 0 spiro atoms. The molecular weight excluding hydrogens is 258 g/mol. The topological polar surface area (TPSA) is 21.3 Å². The lowest BCUT2D eigenvalue weighted by molar-refractivity contribution is 0.195. The Balaban J connectivity index is 2.16. The minimum absolute atomic E-state index is 0.452. The van der Waals surface area contributed by atoms with Gasteiger partial charge in [-0.1, -0.05) is 45.4 Å². The first-order valence-electron chi connectivity index (χ1n) is 8.43. The molecule has 0 aromatic heterocycles. The second kappa shape index (κ2) is 7.31. The normalized spacial score (nSPS) is 22.2. The Bertz CT molecular complexity index is 441. The highest BCUT2D eigenvalue weighted by Gasteiger charge is 2.39. The van der Waals surface area contributed by atoms with Crippen LogP contribution in [-0.2, 0) is 6.42 Å². The van der Waals surface area contributed by atoms with Gasteiger partial charge in [0, 0.05) is 6.04 Å². The molecule has 21 heavy (non-hydrogen) atoms. The molecule has 1 aliphatic rings. The number of benzene rings is 1. The van der Waals surface area contributed by atoms with Crippen LogP contribution in [0.5, 0.6) is 5.75 Å². The Kier molecular flexibility index (Phi) is 5.69. The van der Waals surface area contributed by atoms with Gasteiger partial charge >= 0.3 is 0 Å². The van der Waals surface area contributed by atoms with Crippen LogP contribution in [0.15, 0.2) is 24.3 Å². The maximum atomic E-state index is 5.54. The highest BCUT2D eigenvalue weighted by molar-refractivity contribution is 5.34. The molecule has 1 fully saturated rings. The Labute approximate surface area is 130 Å². The van der Waals surface area contributed by atoms with E-state index in [4.69, 9.17) is 4.74 Å². The minimum Gasteiger partial charge on any atom is -0.496 e. The van der Waals surface area contributed by atoms with Gasteiger partial charge in [0.05, 0.1) is 7.11 Å². The molecule has 0 radical (unpaired) electrons. The quantitative estimate of drug-likeness (QED) is 0.801. The lowest BCUT2D eigenvalue weighted by Crippen LogP contribution is -2.42. The van der Waals surface area contributed by atoms with Gasteiger partial charge in [-0.05, 0) is 55.2 Å². The van der Waals surface area contributed by atoms with Gasteiger partial charge in [-0.15, -0.1) is 0 Å². The zero-order chi connectivity index (χ0) is 15.3. The number of methoxy groups -OCH3 is 1. The van der Waals surface area contributed by atoms with Gasteiger partial charge in [-0.2, -0.15) is 0 Å². The monoisotopic (exact) mass is 289 g/mol. The van der Waals surface area contributed by atoms with E-state index in [1.165, 1.54) is 31.2 Å². The van der Waals surface area contributed by atoms with Crippen molar-refractivity contribution in [1.82, 2.24) is 5.32 Å². The average molecular weight is 289 g/mol. The van der Waals surface area contributed by atoms with Crippen molar-refractivity contribution in [3.8, 4) is 5.75 Å². The van der Waals surface area contributed by atoms with E-state index in [0.29, 0.717) is 11.5 Å². The number of hydrogen-bond donors (Lipinski definition) is 1. The molecular formula is C19H31NO. The Hall–Kier alpha value is -1.02. The van der Waals surface area contributed by atoms with Gasteiger partial charge in [-0.25, -0.2) is 0 Å². The third kappa shape index (κ3) is 4.00. The van der Waals surface area contributed by atoms with Crippen molar-refractivity contribution in [2.45, 2.75) is 58.9 Å². The average Bonchev–Trinajstić information content (AvgIpc) is 2.83. The van der Waals surface area contributed by atoms with Gasteiger partial charge in [0.1, 0.15) is 5.75 Å². The number of hydrogen-bond acceptors (Lipinski definition) is 2. The van der Waals surface area contributed by atoms with E-state index in [9.17, 15) is 0 Å². The van der Waals surface area contributed by atoms with Crippen LogP contribution < -0.4 is 10.1 Å². The van der Waals surface area contributed by atoms with E-state index >= 15 is 0 Å². The van der Waals surface area contributed by atoms with E-state index < -0.39 is 0 Å². The maximum Gasteiger partial charge on any atom is 0.122 e. The smallest absolute Gasteiger partial charge is 0.122 e. The Morgan fingerprint density at radius 2 is 2.10 bits per heavy atom. The van der Waals surface area contributed by atoms with Gasteiger partial charge < -0.3 is 10.1 Å². The van der Waals surface area contributed by atoms with Crippen LogP contribution >= 0.6 is 0 Å². The van der Waals surface area contributed by atoms with Crippen molar-refractivity contribution in [3.05, 3.63) is 29.8 Å². The molecule has 2 atom stereocenters. The summed E-state index contributed by atoms with van der Waals surface area (Å²) in [6.45, 7) is 8.22. The summed E-state index contributed by atoms with van der Waals surface area (Å²) in [4.78, 5) is 0. The van der Waals surface area contributed by atoms with Gasteiger partial charge in [0.15, 0.2) is 0 Å². The van der Waals surface area contributed by atoms with Crippen LogP contribution in [0.4, 0.5) is 0 Å². The molecule has 0 heterocycles. The minimum atomic E-state index is 0.452. The molecule has 1 aliphatic carbocycles. The third-order valence-corrected chi connectivity index (χ3v) is 5.11. The molecule has 2 nitrogen and oxygen atoms in total. The Morgan fingerprint density at radius 3 is 2.71 bits per heavy atom. The van der Waals surface area contributed by atoms with E-state index in [-0.39, 0.29) is 0 Å². The van der Waals surface area contributed by atoms with Crippen LogP contribution in [0, 0.1) is 11.3 Å². The molecule has 1 N–H and O–H groups in total. The molecule has 118 valence electrons. The fourth-order valence-electron chi connectivity index (χ4n) is 3.89. The summed E-state index contributed by atoms with van der Waals surface area (Å²) >= 11 is 0. The molecule has 0 saturated heterocycles. The highest BCUT2D eigenvalue weighted by atomic mass is 16.5. The molecule has 2 heteroatoms. The lowest BCUT2D eigenvalue weighted by Gasteiger charge is -2.35. The van der Waals surface area contributed by atoms with Crippen LogP contribution in [-0.4, -0.2) is 19.7 Å². The molecule has 0 aliphatic heterocycles. The van der Waals surface area contributed by atoms with Crippen molar-refractivity contribution >= 4 is 0 Å². The standard InChI is InChI=1S/C19H31NO/c1-5-13-20-17(16-10-8-12-19(16,2)3)14-15-9-6-7-11-18(15)21-4/h6-7,9,11,16-17,20H,5,8,10,12-14H2,1-4H3. The van der Waals surface area contributed by atoms with E-state index in [2.05, 4.69) is 50.4 Å². The fraction of sp³-hybridized carbons (Fsp3) is 0.684. The first-order chi connectivity index (χ1) is 10.1. The largest absolute Gasteiger partial charge is 0.496 e. The van der Waals surface area contributed by atoms with Gasteiger partial charge in [-0.3, -0.25) is 0 Å². The highest BCUT2D eigenvalue weighted by Crippen LogP contribution is 2.45. The number of rotatable bonds is 7. The summed E-state index contributed by atoms with van der Waals surface area (Å²) in [5.74, 6) is 1.78. The number of para-hydroxylation sites is 1. The molecule has 1 saturated carbocycles. The van der Waals surface area contributed by atoms with Crippen LogP contribution in [0.1, 0.15) is 52.0 Å². The summed E-state index contributed by atoms with van der Waals surface area (Å²) in [6, 6.07) is 9.01. The van der Waals surface area contributed by atoms with Crippen LogP contribution in [0.3, 0.4) is 0 Å². The van der Waals surface area contributed by atoms with Crippen LogP contribution in [0.2, 0.25) is 0 Å². The molecule has 1 aromatic carbocycles. The SMILES string of the molecule is CCCNC(Cc1ccccc1OC)C1CCCC1(C)C. The van der Waals surface area contributed by atoms with Crippen molar-refractivity contribution in [3.63, 3.8) is 0 Å². The lowest BCUT2D eigenvalue weighted by atomic mass is 9.75. The molecule has 2 rings (SSSR count). The summed E-state index contributed by atoms with van der Waals surface area (Å²) in [5, 5.41) is 3.81. The second-order valence-corrected chi connectivity index (χ2v) is 7.06. The van der Waals surface area contributed by atoms with Crippen molar-refractivity contribution < 1.29 is 4.74 Å². The summed E-state index contributed by atoms with van der Waals surface area (Å²) in [5.41, 5.74) is 1.78. The third-order valence-electron chi connectivity index (χ3n) is 5.11. The molecule has 0 bridgehead atoms. The van der Waals surface area contributed by atoms with Crippen molar-refractivity contribution in [2.75, 3.05) is 13.7 Å². The molecule has 2 unspecified atom stereocenters. The predicted octanol–water partition coefficient (Wildman–Crippen LogP) is 4.43. The molecule has 1 aromatic rings. The summed E-state index contributed by atoms with van der Waals surface area (Å²) < 4.78 is 5.54. The zero-order valence-corrected chi connectivity index (χ0v) is 14.1. The summed E-state index contributed by atoms with van der Waals surface area (Å²) in [7, 11) is 1.77. The number of ether oxygens (including phenoxy) is 1. The van der Waals surface area contributed by atoms with Gasteiger partial charge in [0.2, 0.25) is 0 Å². The first-order valence-corrected chi connectivity index (χ1v) is 8.43.